The largest absolute Gasteiger partial charge is 0.354 e. The van der Waals surface area contributed by atoms with Crippen molar-refractivity contribution >= 4 is 5.82 Å². The van der Waals surface area contributed by atoms with Gasteiger partial charge in [0.25, 0.3) is 0 Å². The molecule has 1 aromatic heterocycles. The molecule has 0 saturated carbocycles. The number of hydrogen-bond acceptors (Lipinski definition) is 4. The summed E-state index contributed by atoms with van der Waals surface area (Å²) in [7, 11) is 0. The molecule has 0 aromatic carbocycles. The monoisotopic (exact) mass is 276 g/mol. The molecule has 1 fully saturated rings. The van der Waals surface area contributed by atoms with Gasteiger partial charge in [-0.2, -0.15) is 0 Å². The van der Waals surface area contributed by atoms with E-state index in [4.69, 9.17) is 0 Å². The minimum atomic E-state index is 0.518. The molecule has 112 valence electrons. The number of aromatic nitrogens is 1. The molecule has 0 atom stereocenters. The molecule has 0 spiro atoms. The van der Waals surface area contributed by atoms with Crippen molar-refractivity contribution in [2.24, 2.45) is 0 Å². The van der Waals surface area contributed by atoms with E-state index in [9.17, 15) is 0 Å². The molecule has 0 unspecified atom stereocenters. The molecule has 1 aliphatic heterocycles. The van der Waals surface area contributed by atoms with Crippen LogP contribution in [-0.4, -0.2) is 48.6 Å². The maximum atomic E-state index is 4.54. The van der Waals surface area contributed by atoms with E-state index < -0.39 is 0 Å². The molecule has 0 bridgehead atoms. The third-order valence-corrected chi connectivity index (χ3v) is 3.76. The van der Waals surface area contributed by atoms with Crippen LogP contribution in [0.25, 0.3) is 0 Å². The number of hydrogen-bond donors (Lipinski definition) is 1. The Morgan fingerprint density at radius 3 is 2.65 bits per heavy atom. The van der Waals surface area contributed by atoms with Crippen LogP contribution < -0.4 is 10.2 Å². The SMILES string of the molecule is CCCN1CCN(c2cc(CNC(C)C)ccn2)CC1. The van der Waals surface area contributed by atoms with Crippen molar-refractivity contribution in [3.63, 3.8) is 0 Å². The second kappa shape index (κ2) is 7.60. The van der Waals surface area contributed by atoms with Crippen LogP contribution in [0.5, 0.6) is 0 Å². The predicted molar refractivity (Wildman–Crippen MR) is 85.2 cm³/mol. The van der Waals surface area contributed by atoms with Crippen LogP contribution in [0.15, 0.2) is 18.3 Å². The molecule has 1 aromatic rings. The summed E-state index contributed by atoms with van der Waals surface area (Å²) in [6.45, 7) is 13.2. The molecule has 0 amide bonds. The zero-order chi connectivity index (χ0) is 14.4. The van der Waals surface area contributed by atoms with Crippen molar-refractivity contribution < 1.29 is 0 Å². The lowest BCUT2D eigenvalue weighted by Gasteiger charge is -2.35. The van der Waals surface area contributed by atoms with Gasteiger partial charge in [-0.15, -0.1) is 0 Å². The fourth-order valence-corrected chi connectivity index (χ4v) is 2.58. The molecule has 0 aliphatic carbocycles. The Labute approximate surface area is 123 Å². The van der Waals surface area contributed by atoms with E-state index in [0.717, 1.165) is 38.5 Å². The van der Waals surface area contributed by atoms with E-state index in [-0.39, 0.29) is 0 Å². The summed E-state index contributed by atoms with van der Waals surface area (Å²) >= 11 is 0. The second-order valence-electron chi connectivity index (χ2n) is 5.89. The van der Waals surface area contributed by atoms with Gasteiger partial charge in [0.2, 0.25) is 0 Å². The van der Waals surface area contributed by atoms with Gasteiger partial charge in [-0.1, -0.05) is 20.8 Å². The number of nitrogens with one attached hydrogen (secondary N) is 1. The van der Waals surface area contributed by atoms with E-state index in [0.29, 0.717) is 6.04 Å². The molecule has 2 heterocycles. The molecular formula is C16H28N4. The highest BCUT2D eigenvalue weighted by atomic mass is 15.3. The van der Waals surface area contributed by atoms with Crippen molar-refractivity contribution in [2.75, 3.05) is 37.6 Å². The summed E-state index contributed by atoms with van der Waals surface area (Å²) < 4.78 is 0. The smallest absolute Gasteiger partial charge is 0.128 e. The quantitative estimate of drug-likeness (QED) is 0.862. The maximum Gasteiger partial charge on any atom is 0.128 e. The lowest BCUT2D eigenvalue weighted by Crippen LogP contribution is -2.46. The van der Waals surface area contributed by atoms with Crippen LogP contribution in [0.1, 0.15) is 32.8 Å². The van der Waals surface area contributed by atoms with E-state index >= 15 is 0 Å². The minimum Gasteiger partial charge on any atom is -0.354 e. The van der Waals surface area contributed by atoms with Crippen LogP contribution >= 0.6 is 0 Å². The van der Waals surface area contributed by atoms with Crippen LogP contribution in [0.3, 0.4) is 0 Å². The minimum absolute atomic E-state index is 0.518. The highest BCUT2D eigenvalue weighted by Gasteiger charge is 2.17. The Kier molecular flexibility index (Phi) is 5.80. The predicted octanol–water partition coefficient (Wildman–Crippen LogP) is 2.11. The third kappa shape index (κ3) is 4.46. The second-order valence-corrected chi connectivity index (χ2v) is 5.89. The summed E-state index contributed by atoms with van der Waals surface area (Å²) in [4.78, 5) is 9.49. The fraction of sp³-hybridized carbons (Fsp3) is 0.688. The van der Waals surface area contributed by atoms with Crippen molar-refractivity contribution in [2.45, 2.75) is 39.8 Å². The first-order chi connectivity index (χ1) is 9.69. The average molecular weight is 276 g/mol. The van der Waals surface area contributed by atoms with Gasteiger partial charge in [0, 0.05) is 45.0 Å². The normalized spacial score (nSPS) is 16.9. The summed E-state index contributed by atoms with van der Waals surface area (Å²) in [6, 6.07) is 4.85. The Morgan fingerprint density at radius 1 is 1.25 bits per heavy atom. The van der Waals surface area contributed by atoms with Gasteiger partial charge in [-0.25, -0.2) is 4.98 Å². The number of anilines is 1. The number of nitrogens with zero attached hydrogens (tertiary/aromatic N) is 3. The van der Waals surface area contributed by atoms with Gasteiger partial charge in [0.05, 0.1) is 0 Å². The summed E-state index contributed by atoms with van der Waals surface area (Å²) in [5, 5.41) is 3.46. The van der Waals surface area contributed by atoms with Crippen molar-refractivity contribution in [3.8, 4) is 0 Å². The Balaban J connectivity index is 1.91. The molecule has 1 saturated heterocycles. The lowest BCUT2D eigenvalue weighted by atomic mass is 10.2. The van der Waals surface area contributed by atoms with Gasteiger partial charge >= 0.3 is 0 Å². The number of piperazine rings is 1. The first kappa shape index (κ1) is 15.3. The van der Waals surface area contributed by atoms with E-state index in [2.05, 4.69) is 53.0 Å². The van der Waals surface area contributed by atoms with Crippen LogP contribution in [0.2, 0.25) is 0 Å². The zero-order valence-electron chi connectivity index (χ0n) is 13.1. The van der Waals surface area contributed by atoms with Crippen molar-refractivity contribution in [3.05, 3.63) is 23.9 Å². The summed E-state index contributed by atoms with van der Waals surface area (Å²) in [5.74, 6) is 1.13. The molecule has 2 rings (SSSR count). The van der Waals surface area contributed by atoms with Crippen LogP contribution in [0.4, 0.5) is 5.82 Å². The zero-order valence-corrected chi connectivity index (χ0v) is 13.1. The standard InChI is InChI=1S/C16H28N4/c1-4-7-19-8-10-20(11-9-19)16-12-15(5-6-17-16)13-18-14(2)3/h5-6,12,14,18H,4,7-11,13H2,1-3H3. The summed E-state index contributed by atoms with van der Waals surface area (Å²) in [5.41, 5.74) is 1.32. The fourth-order valence-electron chi connectivity index (χ4n) is 2.58. The maximum absolute atomic E-state index is 4.54. The van der Waals surface area contributed by atoms with E-state index in [1.165, 1.54) is 18.5 Å². The highest BCUT2D eigenvalue weighted by molar-refractivity contribution is 5.41. The Hall–Kier alpha value is -1.13. The molecule has 1 aliphatic rings. The molecule has 4 heteroatoms. The Bertz CT molecular complexity index is 397. The van der Waals surface area contributed by atoms with Crippen molar-refractivity contribution in [1.29, 1.82) is 0 Å². The lowest BCUT2D eigenvalue weighted by molar-refractivity contribution is 0.258. The topological polar surface area (TPSA) is 31.4 Å². The number of pyridine rings is 1. The molecular weight excluding hydrogens is 248 g/mol. The van der Waals surface area contributed by atoms with Crippen molar-refractivity contribution in [1.82, 2.24) is 15.2 Å². The van der Waals surface area contributed by atoms with Gasteiger partial charge in [0.15, 0.2) is 0 Å². The van der Waals surface area contributed by atoms with Gasteiger partial charge in [-0.05, 0) is 30.7 Å². The van der Waals surface area contributed by atoms with Crippen LogP contribution in [-0.2, 0) is 6.54 Å². The number of rotatable bonds is 6. The van der Waals surface area contributed by atoms with Crippen LogP contribution in [0, 0.1) is 0 Å². The molecule has 20 heavy (non-hydrogen) atoms. The van der Waals surface area contributed by atoms with Gasteiger partial charge in [0.1, 0.15) is 5.82 Å². The summed E-state index contributed by atoms with van der Waals surface area (Å²) in [6.07, 6.45) is 3.18. The molecule has 4 nitrogen and oxygen atoms in total. The Morgan fingerprint density at radius 2 is 2.00 bits per heavy atom. The van der Waals surface area contributed by atoms with E-state index in [1.54, 1.807) is 0 Å². The first-order valence-electron chi connectivity index (χ1n) is 7.84. The molecule has 1 N–H and O–H groups in total. The average Bonchev–Trinajstić information content (AvgIpc) is 2.47. The van der Waals surface area contributed by atoms with Gasteiger partial charge in [-0.3, -0.25) is 4.90 Å². The first-order valence-corrected chi connectivity index (χ1v) is 7.84. The van der Waals surface area contributed by atoms with E-state index in [1.807, 2.05) is 6.20 Å². The molecule has 0 radical (unpaired) electrons. The highest BCUT2D eigenvalue weighted by Crippen LogP contribution is 2.15. The third-order valence-electron chi connectivity index (χ3n) is 3.76. The van der Waals surface area contributed by atoms with Gasteiger partial charge < -0.3 is 10.2 Å².